The highest BCUT2D eigenvalue weighted by molar-refractivity contribution is 6.30. The lowest BCUT2D eigenvalue weighted by Gasteiger charge is -2.29. The minimum Gasteiger partial charge on any atom is -0.465 e. The number of pyridine rings is 1. The van der Waals surface area contributed by atoms with Crippen LogP contribution in [0, 0.1) is 12.8 Å². The van der Waals surface area contributed by atoms with E-state index in [0.29, 0.717) is 40.0 Å². The van der Waals surface area contributed by atoms with E-state index in [9.17, 15) is 14.4 Å². The van der Waals surface area contributed by atoms with Crippen molar-refractivity contribution >= 4 is 34.5 Å². The zero-order valence-corrected chi connectivity index (χ0v) is 22.1. The molecule has 1 amide bonds. The Kier molecular flexibility index (Phi) is 7.33. The van der Waals surface area contributed by atoms with E-state index in [1.165, 1.54) is 13.3 Å². The predicted molar refractivity (Wildman–Crippen MR) is 146 cm³/mol. The molecule has 4 aromatic rings. The number of halogens is 1. The molecule has 2 aromatic heterocycles. The predicted octanol–water partition coefficient (Wildman–Crippen LogP) is 4.92. The van der Waals surface area contributed by atoms with Crippen molar-refractivity contribution in [1.82, 2.24) is 19.4 Å². The Bertz CT molecular complexity index is 1550. The Labute approximate surface area is 225 Å². The molecule has 1 aliphatic rings. The highest BCUT2D eigenvalue weighted by Gasteiger charge is 2.25. The molecule has 0 bridgehead atoms. The number of amides is 1. The highest BCUT2D eigenvalue weighted by Crippen LogP contribution is 2.28. The molecule has 0 spiro atoms. The molecule has 0 radical (unpaired) electrons. The van der Waals surface area contributed by atoms with Gasteiger partial charge in [0.25, 0.3) is 5.91 Å². The first-order valence-corrected chi connectivity index (χ1v) is 13.1. The molecular weight excluding hydrogens is 504 g/mol. The third-order valence-electron chi connectivity index (χ3n) is 7.30. The molecule has 0 saturated heterocycles. The lowest BCUT2D eigenvalue weighted by atomic mass is 9.85. The second-order valence-corrected chi connectivity index (χ2v) is 10.2. The molecule has 0 atom stereocenters. The number of carbonyl (C=O) groups is 2. The first-order chi connectivity index (χ1) is 18.4. The van der Waals surface area contributed by atoms with Crippen LogP contribution in [0.1, 0.15) is 52.1 Å². The van der Waals surface area contributed by atoms with Crippen molar-refractivity contribution < 1.29 is 14.3 Å². The summed E-state index contributed by atoms with van der Waals surface area (Å²) in [7, 11) is 1.34. The molecule has 5 rings (SSSR count). The average molecular weight is 533 g/mol. The second kappa shape index (κ2) is 10.8. The topological polar surface area (TPSA) is 95.2 Å². The molecule has 8 nitrogen and oxygen atoms in total. The summed E-state index contributed by atoms with van der Waals surface area (Å²) in [5.74, 6) is -0.257. The fraction of sp³-hybridized carbons (Fsp3) is 0.310. The van der Waals surface area contributed by atoms with E-state index in [0.717, 1.165) is 36.7 Å². The summed E-state index contributed by atoms with van der Waals surface area (Å²) in [5, 5.41) is 3.57. The van der Waals surface area contributed by atoms with Crippen molar-refractivity contribution in [2.75, 3.05) is 7.11 Å². The van der Waals surface area contributed by atoms with Gasteiger partial charge < -0.3 is 10.1 Å². The molecule has 196 valence electrons. The number of hydrogen-bond donors (Lipinski definition) is 1. The zero-order valence-electron chi connectivity index (χ0n) is 21.3. The summed E-state index contributed by atoms with van der Waals surface area (Å²) in [6.45, 7) is 2.40. The Hall–Kier alpha value is -3.91. The number of aromatic nitrogens is 3. The Balaban J connectivity index is 1.31. The van der Waals surface area contributed by atoms with Crippen LogP contribution in [0.2, 0.25) is 5.02 Å². The molecule has 2 aromatic carbocycles. The van der Waals surface area contributed by atoms with Crippen LogP contribution in [-0.4, -0.2) is 39.1 Å². The number of ether oxygens (including phenoxy) is 1. The van der Waals surface area contributed by atoms with Crippen LogP contribution < -0.4 is 11.0 Å². The second-order valence-electron chi connectivity index (χ2n) is 9.73. The normalized spacial score (nSPS) is 17.3. The van der Waals surface area contributed by atoms with Gasteiger partial charge in [0.1, 0.15) is 0 Å². The third-order valence-corrected chi connectivity index (χ3v) is 7.51. The maximum absolute atomic E-state index is 13.6. The van der Waals surface area contributed by atoms with Crippen molar-refractivity contribution in [3.63, 3.8) is 0 Å². The molecule has 38 heavy (non-hydrogen) atoms. The van der Waals surface area contributed by atoms with Gasteiger partial charge in [-0.15, -0.1) is 0 Å². The van der Waals surface area contributed by atoms with E-state index < -0.39 is 5.97 Å². The minimum atomic E-state index is -0.419. The Morgan fingerprint density at radius 3 is 2.42 bits per heavy atom. The number of hydrogen-bond acceptors (Lipinski definition) is 5. The molecule has 1 saturated carbocycles. The van der Waals surface area contributed by atoms with Crippen LogP contribution in [0.15, 0.2) is 65.6 Å². The molecule has 1 aliphatic carbocycles. The van der Waals surface area contributed by atoms with Gasteiger partial charge >= 0.3 is 11.7 Å². The summed E-state index contributed by atoms with van der Waals surface area (Å²) < 4.78 is 8.31. The maximum atomic E-state index is 13.6. The zero-order chi connectivity index (χ0) is 26.8. The molecule has 0 aliphatic heterocycles. The smallest absolute Gasteiger partial charge is 0.337 e. The van der Waals surface area contributed by atoms with Gasteiger partial charge in [-0.25, -0.2) is 9.59 Å². The summed E-state index contributed by atoms with van der Waals surface area (Å²) in [6.07, 6.45) is 5.02. The summed E-state index contributed by atoms with van der Waals surface area (Å²) >= 11 is 6.03. The standard InChI is InChI=1S/C29H29ClN4O4/c1-18-24(15-21(30)16-31-18)27(35)32-22-11-7-19(8-12-22)17-33-25-5-3-4-6-26(25)34(29(33)37)23-13-9-20(10-14-23)28(36)38-2/h3-6,9-10,13-16,19,22H,7-8,11-12,17H2,1-2H3,(H,32,35). The summed E-state index contributed by atoms with van der Waals surface area (Å²) in [6, 6.07) is 16.3. The summed E-state index contributed by atoms with van der Waals surface area (Å²) in [4.78, 5) is 42.4. The fourth-order valence-electron chi connectivity index (χ4n) is 5.25. The quantitative estimate of drug-likeness (QED) is 0.355. The van der Waals surface area contributed by atoms with Crippen LogP contribution in [0.25, 0.3) is 16.7 Å². The van der Waals surface area contributed by atoms with Crippen LogP contribution >= 0.6 is 11.6 Å². The van der Waals surface area contributed by atoms with E-state index in [4.69, 9.17) is 16.3 Å². The number of fused-ring (bicyclic) bond motifs is 1. The number of esters is 1. The van der Waals surface area contributed by atoms with Gasteiger partial charge in [-0.1, -0.05) is 23.7 Å². The Morgan fingerprint density at radius 2 is 1.74 bits per heavy atom. The van der Waals surface area contributed by atoms with Crippen molar-refractivity contribution in [1.29, 1.82) is 0 Å². The number of nitrogens with zero attached hydrogens (tertiary/aromatic N) is 3. The third kappa shape index (κ3) is 5.09. The van der Waals surface area contributed by atoms with Crippen LogP contribution in [0.4, 0.5) is 0 Å². The van der Waals surface area contributed by atoms with Crippen molar-refractivity contribution in [3.8, 4) is 5.69 Å². The average Bonchev–Trinajstić information content (AvgIpc) is 3.21. The number of carbonyl (C=O) groups excluding carboxylic acids is 2. The molecule has 1 fully saturated rings. The van der Waals surface area contributed by atoms with E-state index in [1.54, 1.807) is 41.8 Å². The van der Waals surface area contributed by atoms with E-state index in [1.807, 2.05) is 28.8 Å². The number of imidazole rings is 1. The van der Waals surface area contributed by atoms with Crippen molar-refractivity contribution in [2.24, 2.45) is 5.92 Å². The largest absolute Gasteiger partial charge is 0.465 e. The number of rotatable bonds is 6. The van der Waals surface area contributed by atoms with Gasteiger partial charge in [0, 0.05) is 18.8 Å². The van der Waals surface area contributed by atoms with E-state index in [-0.39, 0.29) is 17.6 Å². The first-order valence-electron chi connectivity index (χ1n) is 12.7. The van der Waals surface area contributed by atoms with Gasteiger partial charge in [-0.2, -0.15) is 0 Å². The molecule has 9 heteroatoms. The minimum absolute atomic E-state index is 0.0727. The lowest BCUT2D eigenvalue weighted by Crippen LogP contribution is -2.39. The van der Waals surface area contributed by atoms with Crippen molar-refractivity contribution in [2.45, 2.75) is 45.2 Å². The van der Waals surface area contributed by atoms with Crippen LogP contribution in [-0.2, 0) is 11.3 Å². The number of aryl methyl sites for hydroxylation is 1. The first kappa shape index (κ1) is 25.7. The highest BCUT2D eigenvalue weighted by atomic mass is 35.5. The number of nitrogens with one attached hydrogen (secondary N) is 1. The molecule has 1 N–H and O–H groups in total. The van der Waals surface area contributed by atoms with Gasteiger partial charge in [0.2, 0.25) is 0 Å². The number of benzene rings is 2. The van der Waals surface area contributed by atoms with Crippen LogP contribution in [0.3, 0.4) is 0 Å². The van der Waals surface area contributed by atoms with Gasteiger partial charge in [0.15, 0.2) is 0 Å². The molecular formula is C29H29ClN4O4. The molecule has 2 heterocycles. The van der Waals surface area contributed by atoms with Gasteiger partial charge in [-0.3, -0.25) is 18.9 Å². The fourth-order valence-corrected chi connectivity index (χ4v) is 5.40. The number of para-hydroxylation sites is 2. The maximum Gasteiger partial charge on any atom is 0.337 e. The van der Waals surface area contributed by atoms with Gasteiger partial charge in [0.05, 0.1) is 45.7 Å². The van der Waals surface area contributed by atoms with E-state index in [2.05, 4.69) is 10.3 Å². The van der Waals surface area contributed by atoms with Crippen molar-refractivity contribution in [3.05, 3.63) is 93.1 Å². The van der Waals surface area contributed by atoms with Crippen LogP contribution in [0.5, 0.6) is 0 Å². The summed E-state index contributed by atoms with van der Waals surface area (Å²) in [5.41, 5.74) is 3.84. The monoisotopic (exact) mass is 532 g/mol. The molecule has 0 unspecified atom stereocenters. The Morgan fingerprint density at radius 1 is 1.05 bits per heavy atom. The SMILES string of the molecule is COC(=O)c1ccc(-n2c(=O)n(CC3CCC(NC(=O)c4cc(Cl)cnc4C)CC3)c3ccccc32)cc1. The van der Waals surface area contributed by atoms with Gasteiger partial charge in [-0.05, 0) is 81.0 Å². The van der Waals surface area contributed by atoms with E-state index >= 15 is 0 Å². The number of methoxy groups -OCH3 is 1. The lowest BCUT2D eigenvalue weighted by molar-refractivity contribution is 0.0600.